The molecular formula is C27H37N2O5PS2. The fraction of sp³-hybridized carbons (Fsp3) is 0.481. The van der Waals surface area contributed by atoms with Crippen LogP contribution in [-0.2, 0) is 33.0 Å². The molecule has 202 valence electrons. The van der Waals surface area contributed by atoms with Crippen LogP contribution in [-0.4, -0.2) is 34.2 Å². The van der Waals surface area contributed by atoms with Gasteiger partial charge in [0, 0.05) is 17.2 Å². The van der Waals surface area contributed by atoms with Crippen LogP contribution in [0.15, 0.2) is 46.9 Å². The smallest absolute Gasteiger partial charge is 0.277 e. The number of thioether (sulfide) groups is 1. The number of furan rings is 1. The lowest BCUT2D eigenvalue weighted by atomic mass is 9.97. The molecule has 0 amide bonds. The number of nitrogens with one attached hydrogen (secondary N) is 1. The summed E-state index contributed by atoms with van der Waals surface area (Å²) < 4.78 is 25.9. The normalized spacial score (nSPS) is 13.7. The van der Waals surface area contributed by atoms with Crippen LogP contribution >= 0.6 is 30.6 Å². The Kier molecular flexibility index (Phi) is 10.8. The Labute approximate surface area is 227 Å². The Morgan fingerprint density at radius 1 is 1.24 bits per heavy atom. The Hall–Kier alpha value is -1.74. The number of hydrogen-bond donors (Lipinski definition) is 2. The number of aliphatic hydroxyl groups is 1. The van der Waals surface area contributed by atoms with Gasteiger partial charge in [0.05, 0.1) is 29.8 Å². The van der Waals surface area contributed by atoms with Crippen molar-refractivity contribution in [3.63, 3.8) is 0 Å². The average Bonchev–Trinajstić information content (AvgIpc) is 3.46. The number of thiazole rings is 1. The molecule has 1 atom stereocenters. The molecule has 0 aliphatic carbocycles. The zero-order valence-electron chi connectivity index (χ0n) is 22.2. The molecule has 0 aliphatic rings. The van der Waals surface area contributed by atoms with Crippen molar-refractivity contribution < 1.29 is 23.4 Å². The third-order valence-electron chi connectivity index (χ3n) is 5.59. The highest BCUT2D eigenvalue weighted by Gasteiger charge is 2.29. The second-order valence-corrected chi connectivity index (χ2v) is 14.6. The summed E-state index contributed by atoms with van der Waals surface area (Å²) >= 11 is 2.75. The lowest BCUT2D eigenvalue weighted by molar-refractivity contribution is -0.119. The molecule has 10 heteroatoms. The summed E-state index contributed by atoms with van der Waals surface area (Å²) in [7, 11) is -3.36. The first-order valence-corrected chi connectivity index (χ1v) is 16.0. The maximum absolute atomic E-state index is 13.9. The van der Waals surface area contributed by atoms with Crippen molar-refractivity contribution in [2.75, 3.05) is 19.0 Å². The average molecular weight is 565 g/mol. The number of benzene rings is 1. The van der Waals surface area contributed by atoms with Gasteiger partial charge in [0.15, 0.2) is 10.9 Å². The summed E-state index contributed by atoms with van der Waals surface area (Å²) in [4.78, 5) is 18.2. The van der Waals surface area contributed by atoms with Crippen LogP contribution < -0.4 is 5.09 Å². The van der Waals surface area contributed by atoms with Gasteiger partial charge in [-0.15, -0.1) is 11.3 Å². The summed E-state index contributed by atoms with van der Waals surface area (Å²) in [5.74, 6) is 2.04. The lowest BCUT2D eigenvalue weighted by Gasteiger charge is -2.21. The Balaban J connectivity index is 1.72. The van der Waals surface area contributed by atoms with E-state index in [-0.39, 0.29) is 24.5 Å². The molecule has 0 bridgehead atoms. The number of carbonyl (C=O) groups is 1. The number of hydrogen-bond acceptors (Lipinski definition) is 8. The van der Waals surface area contributed by atoms with Gasteiger partial charge >= 0.3 is 0 Å². The van der Waals surface area contributed by atoms with Gasteiger partial charge in [-0.05, 0) is 50.8 Å². The minimum atomic E-state index is -3.36. The van der Waals surface area contributed by atoms with Crippen LogP contribution in [0.25, 0.3) is 11.5 Å². The molecule has 1 aromatic carbocycles. The van der Waals surface area contributed by atoms with Crippen molar-refractivity contribution in [1.29, 1.82) is 0 Å². The second-order valence-electron chi connectivity index (χ2n) is 10.0. The molecule has 3 aromatic rings. The fourth-order valence-corrected chi connectivity index (χ4v) is 7.27. The first kappa shape index (κ1) is 29.8. The van der Waals surface area contributed by atoms with Gasteiger partial charge in [0.25, 0.3) is 7.52 Å². The van der Waals surface area contributed by atoms with E-state index in [0.29, 0.717) is 29.7 Å². The highest BCUT2D eigenvalue weighted by molar-refractivity contribution is 8.13. The van der Waals surface area contributed by atoms with Crippen LogP contribution in [0.5, 0.6) is 0 Å². The maximum atomic E-state index is 13.9. The molecule has 0 saturated heterocycles. The number of aryl methyl sites for hydroxylation is 1. The van der Waals surface area contributed by atoms with E-state index in [1.54, 1.807) is 25.2 Å². The summed E-state index contributed by atoms with van der Waals surface area (Å²) in [6, 6.07) is 13.4. The van der Waals surface area contributed by atoms with Gasteiger partial charge in [0.1, 0.15) is 11.5 Å². The van der Waals surface area contributed by atoms with Crippen LogP contribution in [0.3, 0.4) is 0 Å². The third-order valence-corrected chi connectivity index (χ3v) is 9.73. The standard InChI is InChI=1S/C27H37N2O5PS2/c1-19(2)15-24-25(29-20(3)37-24)23-12-11-22(34-23)17-35(32,28-16-21-9-7-6-8-10-21)33-13-14-36-26(31)27(4,5)18-30/h6-12,19,30H,13-18H2,1-5H3,(H,28,32). The quantitative estimate of drug-likeness (QED) is 0.165. The van der Waals surface area contributed by atoms with Crippen molar-refractivity contribution in [1.82, 2.24) is 10.1 Å². The van der Waals surface area contributed by atoms with E-state index in [9.17, 15) is 14.5 Å². The van der Waals surface area contributed by atoms with E-state index < -0.39 is 12.9 Å². The lowest BCUT2D eigenvalue weighted by Crippen LogP contribution is -2.26. The molecule has 2 N–H and O–H groups in total. The largest absolute Gasteiger partial charge is 0.459 e. The van der Waals surface area contributed by atoms with Crippen molar-refractivity contribution in [2.24, 2.45) is 11.3 Å². The zero-order valence-corrected chi connectivity index (χ0v) is 24.7. The molecule has 1 unspecified atom stereocenters. The van der Waals surface area contributed by atoms with E-state index in [0.717, 1.165) is 34.4 Å². The van der Waals surface area contributed by atoms with Crippen molar-refractivity contribution >= 4 is 35.7 Å². The molecule has 3 rings (SSSR count). The van der Waals surface area contributed by atoms with Crippen molar-refractivity contribution in [3.05, 3.63) is 63.7 Å². The second kappa shape index (κ2) is 13.4. The first-order chi connectivity index (χ1) is 17.5. The highest BCUT2D eigenvalue weighted by atomic mass is 32.2. The molecule has 7 nitrogen and oxygen atoms in total. The predicted octanol–water partition coefficient (Wildman–Crippen LogP) is 6.69. The molecule has 37 heavy (non-hydrogen) atoms. The summed E-state index contributed by atoms with van der Waals surface area (Å²) in [5, 5.41) is 13.4. The first-order valence-electron chi connectivity index (χ1n) is 12.4. The molecule has 0 aliphatic heterocycles. The van der Waals surface area contributed by atoms with Gasteiger partial charge in [-0.2, -0.15) is 0 Å². The summed E-state index contributed by atoms with van der Waals surface area (Å²) in [5.41, 5.74) is 1.00. The number of aromatic nitrogens is 1. The van der Waals surface area contributed by atoms with E-state index in [4.69, 9.17) is 8.94 Å². The van der Waals surface area contributed by atoms with E-state index in [1.165, 1.54) is 4.88 Å². The summed E-state index contributed by atoms with van der Waals surface area (Å²) in [6.45, 7) is 10.00. The van der Waals surface area contributed by atoms with Crippen molar-refractivity contribution in [3.8, 4) is 11.5 Å². The third kappa shape index (κ3) is 8.91. The zero-order chi connectivity index (χ0) is 27.1. The predicted molar refractivity (Wildman–Crippen MR) is 152 cm³/mol. The fourth-order valence-electron chi connectivity index (χ4n) is 3.50. The molecule has 0 fully saturated rings. The summed E-state index contributed by atoms with van der Waals surface area (Å²) in [6.07, 6.45) is 0.990. The molecular weight excluding hydrogens is 527 g/mol. The van der Waals surface area contributed by atoms with Crippen molar-refractivity contribution in [2.45, 2.75) is 53.7 Å². The van der Waals surface area contributed by atoms with Crippen LogP contribution in [0.2, 0.25) is 0 Å². The molecule has 0 radical (unpaired) electrons. The molecule has 2 heterocycles. The van der Waals surface area contributed by atoms with Crippen LogP contribution in [0.4, 0.5) is 0 Å². The molecule has 0 spiro atoms. The molecule has 2 aromatic heterocycles. The van der Waals surface area contributed by atoms with Gasteiger partial charge in [-0.3, -0.25) is 9.36 Å². The number of rotatable bonds is 14. The van der Waals surface area contributed by atoms with Gasteiger partial charge in [-0.1, -0.05) is 55.9 Å². The van der Waals surface area contributed by atoms with E-state index >= 15 is 0 Å². The topological polar surface area (TPSA) is 102 Å². The van der Waals surface area contributed by atoms with E-state index in [1.807, 2.05) is 49.4 Å². The Bertz CT molecular complexity index is 1210. The maximum Gasteiger partial charge on any atom is 0.277 e. The number of nitrogens with zero attached hydrogens (tertiary/aromatic N) is 1. The van der Waals surface area contributed by atoms with Crippen LogP contribution in [0.1, 0.15) is 48.9 Å². The molecule has 0 saturated carbocycles. The van der Waals surface area contributed by atoms with Gasteiger partial charge in [0.2, 0.25) is 0 Å². The SMILES string of the molecule is Cc1nc(-c2ccc(CP(=O)(NCc3ccccc3)OCCSC(=O)C(C)(C)CO)o2)c(CC(C)C)s1. The van der Waals surface area contributed by atoms with Gasteiger partial charge in [-0.25, -0.2) is 10.1 Å². The Morgan fingerprint density at radius 3 is 2.65 bits per heavy atom. The highest BCUT2D eigenvalue weighted by Crippen LogP contribution is 2.47. The number of carbonyl (C=O) groups excluding carboxylic acids is 1. The minimum Gasteiger partial charge on any atom is -0.459 e. The monoisotopic (exact) mass is 564 g/mol. The number of aliphatic hydroxyl groups excluding tert-OH is 1. The van der Waals surface area contributed by atoms with Gasteiger partial charge < -0.3 is 14.0 Å². The minimum absolute atomic E-state index is 0.0726. The van der Waals surface area contributed by atoms with E-state index in [2.05, 4.69) is 23.9 Å². The Morgan fingerprint density at radius 2 is 1.97 bits per heavy atom. The van der Waals surface area contributed by atoms with Crippen LogP contribution in [0, 0.1) is 18.3 Å².